The maximum atomic E-state index is 14.6. The molecule has 1 fully saturated rings. The minimum absolute atomic E-state index is 0.0497. The Morgan fingerprint density at radius 3 is 1.84 bits per heavy atom. The van der Waals surface area contributed by atoms with Crippen LogP contribution in [0.1, 0.15) is 17.5 Å². The largest absolute Gasteiger partial charge is 0.436 e. The van der Waals surface area contributed by atoms with E-state index >= 15 is 0 Å². The molecule has 1 saturated heterocycles. The average molecular weight is 491 g/mol. The van der Waals surface area contributed by atoms with Gasteiger partial charge in [0.15, 0.2) is 9.84 Å². The van der Waals surface area contributed by atoms with Crippen LogP contribution in [0.25, 0.3) is 0 Å². The van der Waals surface area contributed by atoms with Crippen molar-refractivity contribution in [2.24, 2.45) is 0 Å². The average Bonchev–Trinajstić information content (AvgIpc) is 3.17. The molecule has 1 aliphatic heterocycles. The van der Waals surface area contributed by atoms with Gasteiger partial charge in [-0.05, 0) is 48.9 Å². The SMILES string of the molecule is O=S(=O)(c1ccc(F)cc1)[C@@]1(c2ccc(C(F)(C(F)(F)F)C(F)(F)F)c(F)c2)CCNC1. The summed E-state index contributed by atoms with van der Waals surface area (Å²) in [7, 11) is -4.43. The first-order valence-corrected chi connectivity index (χ1v) is 10.4. The number of hydrogen-bond acceptors (Lipinski definition) is 3. The van der Waals surface area contributed by atoms with Crippen LogP contribution in [-0.4, -0.2) is 33.9 Å². The highest BCUT2D eigenvalue weighted by atomic mass is 32.2. The highest BCUT2D eigenvalue weighted by molar-refractivity contribution is 7.92. The molecule has 0 spiro atoms. The van der Waals surface area contributed by atoms with Crippen molar-refractivity contribution in [3.8, 4) is 0 Å². The Hall–Kier alpha value is -2.28. The Kier molecular flexibility index (Phi) is 5.82. The van der Waals surface area contributed by atoms with Gasteiger partial charge in [-0.3, -0.25) is 0 Å². The minimum atomic E-state index is -6.53. The van der Waals surface area contributed by atoms with E-state index in [2.05, 4.69) is 5.32 Å². The smallest absolute Gasteiger partial charge is 0.315 e. The fraction of sp³-hybridized carbons (Fsp3) is 0.368. The molecule has 1 aliphatic rings. The van der Waals surface area contributed by atoms with Crippen LogP contribution < -0.4 is 5.32 Å². The number of nitrogens with one attached hydrogen (secondary N) is 1. The molecule has 176 valence electrons. The van der Waals surface area contributed by atoms with Gasteiger partial charge in [-0.2, -0.15) is 26.3 Å². The number of benzene rings is 2. The predicted molar refractivity (Wildman–Crippen MR) is 94.0 cm³/mol. The number of halogens is 9. The summed E-state index contributed by atoms with van der Waals surface area (Å²) in [6, 6.07) is 4.18. The van der Waals surface area contributed by atoms with E-state index in [4.69, 9.17) is 0 Å². The summed E-state index contributed by atoms with van der Waals surface area (Å²) < 4.78 is 145. The lowest BCUT2D eigenvalue weighted by Gasteiger charge is -2.32. The molecule has 32 heavy (non-hydrogen) atoms. The van der Waals surface area contributed by atoms with Crippen molar-refractivity contribution in [3.63, 3.8) is 0 Å². The summed E-state index contributed by atoms with van der Waals surface area (Å²) in [6.45, 7) is -0.285. The molecule has 0 saturated carbocycles. The van der Waals surface area contributed by atoms with Crippen molar-refractivity contribution in [3.05, 3.63) is 65.2 Å². The summed E-state index contributed by atoms with van der Waals surface area (Å²) >= 11 is 0. The predicted octanol–water partition coefficient (Wildman–Crippen LogP) is 4.92. The van der Waals surface area contributed by atoms with Gasteiger partial charge in [0.2, 0.25) is 0 Å². The molecule has 3 nitrogen and oxygen atoms in total. The van der Waals surface area contributed by atoms with Crippen LogP contribution in [0.3, 0.4) is 0 Å². The Morgan fingerprint density at radius 2 is 1.41 bits per heavy atom. The van der Waals surface area contributed by atoms with Crippen LogP contribution in [0.4, 0.5) is 39.5 Å². The van der Waals surface area contributed by atoms with Gasteiger partial charge in [0, 0.05) is 12.1 Å². The van der Waals surface area contributed by atoms with E-state index in [0.29, 0.717) is 6.07 Å². The van der Waals surface area contributed by atoms with Crippen molar-refractivity contribution < 1.29 is 47.9 Å². The Labute approximate surface area is 176 Å². The van der Waals surface area contributed by atoms with Gasteiger partial charge < -0.3 is 5.32 Å². The Balaban J connectivity index is 2.19. The van der Waals surface area contributed by atoms with Crippen LogP contribution in [0, 0.1) is 11.6 Å². The molecule has 1 heterocycles. The fourth-order valence-corrected chi connectivity index (χ4v) is 5.73. The number of sulfone groups is 1. The van der Waals surface area contributed by atoms with E-state index in [1.165, 1.54) is 0 Å². The molecule has 2 aromatic rings. The van der Waals surface area contributed by atoms with E-state index in [0.717, 1.165) is 24.3 Å². The van der Waals surface area contributed by atoms with Crippen molar-refractivity contribution in [1.29, 1.82) is 0 Å². The van der Waals surface area contributed by atoms with Crippen LogP contribution in [-0.2, 0) is 20.3 Å². The van der Waals surface area contributed by atoms with Crippen LogP contribution in [0.2, 0.25) is 0 Å². The molecule has 0 amide bonds. The topological polar surface area (TPSA) is 46.2 Å². The standard InChI is InChI=1S/C19H14F9NO2S/c20-12-2-4-13(5-3-12)32(30,31)16(7-8-29-10-16)11-1-6-14(15(21)9-11)17(22,18(23,24)25)19(26,27)28/h1-6,9,29H,7-8,10H2/t16-/m0/s1. The number of alkyl halides is 7. The summed E-state index contributed by atoms with van der Waals surface area (Å²) in [4.78, 5) is -0.391. The maximum absolute atomic E-state index is 14.6. The Bertz CT molecular complexity index is 1090. The molecule has 0 aliphatic carbocycles. The third-order valence-corrected chi connectivity index (χ3v) is 7.91. The molecule has 3 rings (SSSR count). The normalized spacial score (nSPS) is 20.5. The second kappa shape index (κ2) is 7.65. The highest BCUT2D eigenvalue weighted by Crippen LogP contribution is 2.54. The molecule has 2 aromatic carbocycles. The van der Waals surface area contributed by atoms with Crippen LogP contribution in [0.15, 0.2) is 47.4 Å². The molecular formula is C19H14F9NO2S. The zero-order valence-electron chi connectivity index (χ0n) is 15.8. The first-order chi connectivity index (χ1) is 14.6. The first-order valence-electron chi connectivity index (χ1n) is 8.92. The lowest BCUT2D eigenvalue weighted by molar-refractivity contribution is -0.349. The lowest BCUT2D eigenvalue weighted by atomic mass is 9.89. The van der Waals surface area contributed by atoms with E-state index in [1.807, 2.05) is 0 Å². The minimum Gasteiger partial charge on any atom is -0.315 e. The highest BCUT2D eigenvalue weighted by Gasteiger charge is 2.74. The van der Waals surface area contributed by atoms with Crippen molar-refractivity contribution >= 4 is 9.84 Å². The summed E-state index contributed by atoms with van der Waals surface area (Å²) in [5.74, 6) is -2.96. The van der Waals surface area contributed by atoms with Gasteiger partial charge in [-0.1, -0.05) is 12.1 Å². The van der Waals surface area contributed by atoms with Gasteiger partial charge in [0.05, 0.1) is 4.90 Å². The van der Waals surface area contributed by atoms with E-state index < -0.39 is 60.3 Å². The van der Waals surface area contributed by atoms with Crippen molar-refractivity contribution in [2.75, 3.05) is 13.1 Å². The van der Waals surface area contributed by atoms with Crippen LogP contribution in [0.5, 0.6) is 0 Å². The first kappa shape index (κ1) is 24.4. The number of hydrogen-bond donors (Lipinski definition) is 1. The van der Waals surface area contributed by atoms with Crippen LogP contribution >= 0.6 is 0 Å². The zero-order chi connectivity index (χ0) is 24.2. The van der Waals surface area contributed by atoms with Crippen molar-refractivity contribution in [2.45, 2.75) is 34.1 Å². The quantitative estimate of drug-likeness (QED) is 0.488. The van der Waals surface area contributed by atoms with Crippen molar-refractivity contribution in [1.82, 2.24) is 5.32 Å². The van der Waals surface area contributed by atoms with Gasteiger partial charge in [0.1, 0.15) is 16.4 Å². The fourth-order valence-electron chi connectivity index (χ4n) is 3.68. The summed E-state index contributed by atoms with van der Waals surface area (Å²) in [6.07, 6.45) is -13.3. The molecule has 0 aromatic heterocycles. The van der Waals surface area contributed by atoms with Gasteiger partial charge in [-0.25, -0.2) is 21.6 Å². The van der Waals surface area contributed by atoms with E-state index in [1.54, 1.807) is 0 Å². The zero-order valence-corrected chi connectivity index (χ0v) is 16.6. The number of rotatable bonds is 4. The molecule has 1 N–H and O–H groups in total. The molecule has 0 unspecified atom stereocenters. The maximum Gasteiger partial charge on any atom is 0.436 e. The summed E-state index contributed by atoms with van der Waals surface area (Å²) in [5, 5.41) is 2.70. The van der Waals surface area contributed by atoms with Gasteiger partial charge in [0.25, 0.3) is 0 Å². The molecular weight excluding hydrogens is 477 g/mol. The third-order valence-electron chi connectivity index (χ3n) is 5.40. The lowest BCUT2D eigenvalue weighted by Crippen LogP contribution is -2.51. The van der Waals surface area contributed by atoms with Gasteiger partial charge >= 0.3 is 18.0 Å². The molecule has 1 atom stereocenters. The monoisotopic (exact) mass is 491 g/mol. The third kappa shape index (κ3) is 3.54. The molecule has 0 radical (unpaired) electrons. The Morgan fingerprint density at radius 1 is 0.844 bits per heavy atom. The molecule has 13 heteroatoms. The van der Waals surface area contributed by atoms with E-state index in [9.17, 15) is 47.9 Å². The van der Waals surface area contributed by atoms with Gasteiger partial charge in [-0.15, -0.1) is 0 Å². The summed E-state index contributed by atoms with van der Waals surface area (Å²) in [5.41, 5.74) is -8.80. The second-order valence-electron chi connectivity index (χ2n) is 7.23. The van der Waals surface area contributed by atoms with E-state index in [-0.39, 0.29) is 31.6 Å². The second-order valence-corrected chi connectivity index (χ2v) is 9.49. The molecule has 0 bridgehead atoms.